The van der Waals surface area contributed by atoms with Gasteiger partial charge in [0.05, 0.1) is 4.88 Å². The quantitative estimate of drug-likeness (QED) is 0.475. The average Bonchev–Trinajstić information content (AvgIpc) is 3.37. The maximum Gasteiger partial charge on any atom is 0.326 e. The first-order valence-electron chi connectivity index (χ1n) is 10.4. The van der Waals surface area contributed by atoms with Crippen molar-refractivity contribution in [2.75, 3.05) is 22.2 Å². The molecule has 0 bridgehead atoms. The monoisotopic (exact) mass is 510 g/mol. The Balaban J connectivity index is 1.26. The zero-order chi connectivity index (χ0) is 24.1. The van der Waals surface area contributed by atoms with Crippen molar-refractivity contribution in [3.05, 3.63) is 29.4 Å². The van der Waals surface area contributed by atoms with Crippen LogP contribution in [0.4, 0.5) is 30.3 Å². The van der Waals surface area contributed by atoms with Crippen LogP contribution in [0.1, 0.15) is 30.2 Å². The summed E-state index contributed by atoms with van der Waals surface area (Å²) in [5.41, 5.74) is 0.381. The average molecular weight is 511 g/mol. The lowest BCUT2D eigenvalue weighted by atomic mass is 9.88. The molecule has 1 unspecified atom stereocenters. The van der Waals surface area contributed by atoms with E-state index in [1.165, 1.54) is 23.9 Å². The summed E-state index contributed by atoms with van der Waals surface area (Å²) >= 11 is 1.26. The second-order valence-electron chi connectivity index (χ2n) is 8.26. The molecule has 1 aliphatic heterocycles. The van der Waals surface area contributed by atoms with E-state index in [1.54, 1.807) is 22.8 Å². The van der Waals surface area contributed by atoms with Crippen molar-refractivity contribution in [3.8, 4) is 11.5 Å². The van der Waals surface area contributed by atoms with Crippen LogP contribution in [0.2, 0.25) is 0 Å². The van der Waals surface area contributed by atoms with Crippen molar-refractivity contribution in [1.82, 2.24) is 24.7 Å². The predicted molar refractivity (Wildman–Crippen MR) is 122 cm³/mol. The number of fused-ring (bicyclic) bond motifs is 1. The number of aromatic nitrogens is 5. The molecule has 15 heteroatoms. The third kappa shape index (κ3) is 4.57. The summed E-state index contributed by atoms with van der Waals surface area (Å²) in [6.45, 7) is 0. The van der Waals surface area contributed by atoms with E-state index >= 15 is 0 Å². The largest absolute Gasteiger partial charge is 0.353 e. The van der Waals surface area contributed by atoms with Crippen LogP contribution < -0.4 is 16.0 Å². The number of carbonyl (C=O) groups is 1. The molecule has 2 aliphatic rings. The fourth-order valence-electron chi connectivity index (χ4n) is 3.89. The van der Waals surface area contributed by atoms with Crippen LogP contribution in [0.3, 0.4) is 0 Å². The summed E-state index contributed by atoms with van der Waals surface area (Å²) in [6.07, 6.45) is 2.97. The Kier molecular flexibility index (Phi) is 5.47. The molecule has 11 nitrogen and oxygen atoms in total. The van der Waals surface area contributed by atoms with Crippen molar-refractivity contribution in [2.24, 2.45) is 0 Å². The van der Waals surface area contributed by atoms with E-state index in [-0.39, 0.29) is 18.7 Å². The fourth-order valence-corrected chi connectivity index (χ4v) is 5.70. The van der Waals surface area contributed by atoms with Gasteiger partial charge in [0.15, 0.2) is 20.8 Å². The van der Waals surface area contributed by atoms with Gasteiger partial charge in [-0.15, -0.1) is 10.2 Å². The number of halogens is 2. The molecular formula is C19H20F2N8O3S2. The van der Waals surface area contributed by atoms with Crippen molar-refractivity contribution in [1.29, 1.82) is 0 Å². The predicted octanol–water partition coefficient (Wildman–Crippen LogP) is 3.14. The van der Waals surface area contributed by atoms with Crippen LogP contribution in [0.5, 0.6) is 0 Å². The molecule has 1 atom stereocenters. The Morgan fingerprint density at radius 3 is 2.79 bits per heavy atom. The molecule has 1 aliphatic carbocycles. The number of anilines is 3. The molecule has 180 valence electrons. The molecule has 0 aromatic carbocycles. The van der Waals surface area contributed by atoms with E-state index in [1.807, 2.05) is 0 Å². The molecule has 0 spiro atoms. The van der Waals surface area contributed by atoms with Crippen molar-refractivity contribution in [3.63, 3.8) is 0 Å². The maximum absolute atomic E-state index is 13.3. The zero-order valence-electron chi connectivity index (χ0n) is 17.8. The summed E-state index contributed by atoms with van der Waals surface area (Å²) in [7, 11) is -3.26. The maximum atomic E-state index is 13.3. The number of nitrogens with zero attached hydrogens (tertiary/aromatic N) is 5. The Labute approximate surface area is 196 Å². The lowest BCUT2D eigenvalue weighted by Crippen LogP contribution is -2.37. The first-order valence-corrected chi connectivity index (χ1v) is 13.1. The number of nitrogens with one attached hydrogen (secondary N) is 3. The topological polar surface area (TPSA) is 144 Å². The fraction of sp³-hybridized carbons (Fsp3) is 0.421. The Morgan fingerprint density at radius 2 is 2.06 bits per heavy atom. The van der Waals surface area contributed by atoms with Crippen LogP contribution in [0, 0.1) is 0 Å². The van der Waals surface area contributed by atoms with Crippen molar-refractivity contribution in [2.45, 2.75) is 43.0 Å². The van der Waals surface area contributed by atoms with Gasteiger partial charge in [0, 0.05) is 25.1 Å². The molecular weight excluding hydrogens is 490 g/mol. The van der Waals surface area contributed by atoms with E-state index in [4.69, 9.17) is 0 Å². The van der Waals surface area contributed by atoms with Gasteiger partial charge in [-0.2, -0.15) is 0 Å². The Morgan fingerprint density at radius 1 is 1.26 bits per heavy atom. The van der Waals surface area contributed by atoms with Crippen LogP contribution >= 0.6 is 11.3 Å². The van der Waals surface area contributed by atoms with Crippen molar-refractivity contribution >= 4 is 44.0 Å². The molecule has 0 radical (unpaired) electrons. The van der Waals surface area contributed by atoms with E-state index in [0.29, 0.717) is 35.3 Å². The van der Waals surface area contributed by atoms with Gasteiger partial charge in [-0.25, -0.2) is 32.0 Å². The van der Waals surface area contributed by atoms with Gasteiger partial charge in [-0.05, 0) is 25.0 Å². The minimum Gasteiger partial charge on any atom is -0.353 e. The number of pyridine rings is 1. The molecule has 4 heterocycles. The second kappa shape index (κ2) is 8.23. The summed E-state index contributed by atoms with van der Waals surface area (Å²) in [4.78, 5) is 22.0. The molecule has 3 N–H and O–H groups in total. The summed E-state index contributed by atoms with van der Waals surface area (Å²) in [6, 6.07) is 3.89. The second-order valence-corrected chi connectivity index (χ2v) is 11.6. The van der Waals surface area contributed by atoms with Crippen LogP contribution in [-0.4, -0.2) is 56.7 Å². The SMILES string of the molecule is CS(=O)(=O)C1CCc2sc(NC(=O)Nc3cccc(-c4nncn4C4CC(F)(F)C4)n3)nc2N1. The zero-order valence-corrected chi connectivity index (χ0v) is 19.5. The number of aryl methyl sites for hydroxylation is 1. The van der Waals surface area contributed by atoms with Crippen LogP contribution in [0.15, 0.2) is 24.5 Å². The summed E-state index contributed by atoms with van der Waals surface area (Å²) in [5.74, 6) is -1.68. The smallest absolute Gasteiger partial charge is 0.326 e. The highest BCUT2D eigenvalue weighted by molar-refractivity contribution is 7.91. The van der Waals surface area contributed by atoms with E-state index in [2.05, 4.69) is 36.1 Å². The molecule has 3 aromatic heterocycles. The number of sulfone groups is 1. The molecule has 34 heavy (non-hydrogen) atoms. The van der Waals surface area contributed by atoms with E-state index < -0.39 is 33.2 Å². The van der Waals surface area contributed by atoms with Crippen LogP contribution in [-0.2, 0) is 16.3 Å². The number of thiazole rings is 1. The van der Waals surface area contributed by atoms with E-state index in [0.717, 1.165) is 4.88 Å². The minimum absolute atomic E-state index is 0.222. The molecule has 5 rings (SSSR count). The number of carbonyl (C=O) groups excluding carboxylic acids is 1. The Hall–Kier alpha value is -3.20. The Bertz CT molecular complexity index is 1350. The van der Waals surface area contributed by atoms with Gasteiger partial charge < -0.3 is 9.88 Å². The van der Waals surface area contributed by atoms with Gasteiger partial charge in [0.25, 0.3) is 5.92 Å². The normalized spacial score (nSPS) is 19.6. The van der Waals surface area contributed by atoms with Gasteiger partial charge in [-0.1, -0.05) is 17.4 Å². The standard InChI is InChI=1S/C19H20F2N8O3S2/c1-34(31,32)14-6-5-12-15(25-14)26-18(33-12)27-17(30)24-13-4-2-3-11(23-13)16-28-22-9-29(16)10-7-19(20,21)8-10/h2-4,9-10,14,25H,5-8H2,1H3,(H2,23,24,26,27,30). The summed E-state index contributed by atoms with van der Waals surface area (Å²) in [5, 5.41) is 15.6. The highest BCUT2D eigenvalue weighted by Gasteiger charge is 2.47. The molecule has 1 saturated carbocycles. The van der Waals surface area contributed by atoms with Crippen LogP contribution in [0.25, 0.3) is 11.5 Å². The minimum atomic E-state index is -3.26. The molecule has 0 saturated heterocycles. The first-order chi connectivity index (χ1) is 16.1. The van der Waals surface area contributed by atoms with Gasteiger partial charge in [0.1, 0.15) is 29.0 Å². The number of rotatable bonds is 5. The highest BCUT2D eigenvalue weighted by atomic mass is 32.2. The molecule has 1 fully saturated rings. The van der Waals surface area contributed by atoms with Gasteiger partial charge in [0.2, 0.25) is 0 Å². The summed E-state index contributed by atoms with van der Waals surface area (Å²) < 4.78 is 51.7. The number of hydrogen-bond donors (Lipinski definition) is 3. The number of urea groups is 1. The lowest BCUT2D eigenvalue weighted by molar-refractivity contribution is -0.103. The molecule has 3 aromatic rings. The lowest BCUT2D eigenvalue weighted by Gasteiger charge is -2.35. The van der Waals surface area contributed by atoms with E-state index in [9.17, 15) is 22.0 Å². The number of hydrogen-bond acceptors (Lipinski definition) is 9. The third-order valence-electron chi connectivity index (χ3n) is 5.62. The van der Waals surface area contributed by atoms with Gasteiger partial charge in [-0.3, -0.25) is 10.6 Å². The highest BCUT2D eigenvalue weighted by Crippen LogP contribution is 2.46. The van der Waals surface area contributed by atoms with Crippen molar-refractivity contribution < 1.29 is 22.0 Å². The number of amides is 2. The third-order valence-corrected chi connectivity index (χ3v) is 8.04. The first kappa shape index (κ1) is 22.6. The van der Waals surface area contributed by atoms with Gasteiger partial charge >= 0.3 is 6.03 Å². The molecule has 2 amide bonds. The number of alkyl halides is 2.